The molecule has 1 aliphatic heterocycles. The lowest BCUT2D eigenvalue weighted by Gasteiger charge is -2.33. The number of nitrogens with zero attached hydrogens (tertiary/aromatic N) is 4. The molecule has 0 N–H and O–H groups in total. The van der Waals surface area contributed by atoms with Gasteiger partial charge in [-0.2, -0.15) is 4.37 Å². The minimum atomic E-state index is -0.480. The highest BCUT2D eigenvalue weighted by Crippen LogP contribution is 2.38. The second kappa shape index (κ2) is 7.89. The highest BCUT2D eigenvalue weighted by Gasteiger charge is 2.30. The molecule has 27 heavy (non-hydrogen) atoms. The van der Waals surface area contributed by atoms with Crippen molar-refractivity contribution in [1.29, 1.82) is 0 Å². The van der Waals surface area contributed by atoms with Gasteiger partial charge in [-0.15, -0.1) is 0 Å². The molecule has 2 aromatic rings. The number of halogens is 2. The maximum Gasteiger partial charge on any atom is 0.410 e. The number of hydrogen-bond donors (Lipinski definition) is 0. The van der Waals surface area contributed by atoms with E-state index in [9.17, 15) is 4.79 Å². The molecule has 0 radical (unpaired) electrons. The highest BCUT2D eigenvalue weighted by molar-refractivity contribution is 7.09. The summed E-state index contributed by atoms with van der Waals surface area (Å²) in [6.45, 7) is 8.98. The highest BCUT2D eigenvalue weighted by atomic mass is 35.5. The lowest BCUT2D eigenvalue weighted by atomic mass is 9.91. The minimum absolute atomic E-state index is 0.161. The first kappa shape index (κ1) is 20.3. The zero-order chi connectivity index (χ0) is 19.8. The summed E-state index contributed by atoms with van der Waals surface area (Å²) in [4.78, 5) is 23.1. The molecular weight excluding hydrogens is 407 g/mol. The first-order chi connectivity index (χ1) is 12.7. The van der Waals surface area contributed by atoms with Crippen LogP contribution in [0.4, 0.5) is 4.79 Å². The van der Waals surface area contributed by atoms with Gasteiger partial charge in [0, 0.05) is 19.0 Å². The number of piperidine rings is 1. The standard InChI is InChI=1S/C18H22Cl2N4O2S/c1-10-13(23-27-15(10)14-12(19)9-21-16(20)22-14)11-5-7-24(8-6-11)17(25)26-18(2,3)4/h9,11H,5-8H2,1-4H3. The summed E-state index contributed by atoms with van der Waals surface area (Å²) < 4.78 is 10.1. The van der Waals surface area contributed by atoms with Gasteiger partial charge in [0.25, 0.3) is 0 Å². The van der Waals surface area contributed by atoms with Crippen LogP contribution in [0.5, 0.6) is 0 Å². The Bertz CT molecular complexity index is 842. The maximum atomic E-state index is 12.2. The summed E-state index contributed by atoms with van der Waals surface area (Å²) in [5.41, 5.74) is 2.24. The summed E-state index contributed by atoms with van der Waals surface area (Å²) in [6.07, 6.45) is 2.95. The van der Waals surface area contributed by atoms with Gasteiger partial charge in [0.15, 0.2) is 0 Å². The average Bonchev–Trinajstić information content (AvgIpc) is 2.97. The van der Waals surface area contributed by atoms with Gasteiger partial charge in [-0.1, -0.05) is 11.6 Å². The predicted molar refractivity (Wildman–Crippen MR) is 108 cm³/mol. The third kappa shape index (κ3) is 4.70. The van der Waals surface area contributed by atoms with Gasteiger partial charge >= 0.3 is 6.09 Å². The van der Waals surface area contributed by atoms with Crippen LogP contribution in [0.2, 0.25) is 10.3 Å². The SMILES string of the molecule is Cc1c(C2CCN(C(=O)OC(C)(C)C)CC2)nsc1-c1nc(Cl)ncc1Cl. The molecule has 1 aliphatic rings. The van der Waals surface area contributed by atoms with Gasteiger partial charge < -0.3 is 9.64 Å². The molecule has 0 bridgehead atoms. The van der Waals surface area contributed by atoms with Gasteiger partial charge in [-0.25, -0.2) is 14.8 Å². The zero-order valence-corrected chi connectivity index (χ0v) is 18.1. The Labute approximate surface area is 173 Å². The number of carbonyl (C=O) groups excluding carboxylic acids is 1. The van der Waals surface area contributed by atoms with Crippen LogP contribution < -0.4 is 0 Å². The monoisotopic (exact) mass is 428 g/mol. The Hall–Kier alpha value is -1.44. The third-order valence-electron chi connectivity index (χ3n) is 4.42. The van der Waals surface area contributed by atoms with Crippen molar-refractivity contribution in [2.45, 2.75) is 52.1 Å². The summed E-state index contributed by atoms with van der Waals surface area (Å²) in [5.74, 6) is 0.296. The molecule has 1 saturated heterocycles. The second-order valence-corrected chi connectivity index (χ2v) is 9.12. The van der Waals surface area contributed by atoms with Crippen LogP contribution in [-0.4, -0.2) is 44.0 Å². The van der Waals surface area contributed by atoms with Crippen LogP contribution >= 0.6 is 34.7 Å². The lowest BCUT2D eigenvalue weighted by Crippen LogP contribution is -2.41. The quantitative estimate of drug-likeness (QED) is 0.604. The van der Waals surface area contributed by atoms with Crippen molar-refractivity contribution in [3.05, 3.63) is 27.8 Å². The largest absolute Gasteiger partial charge is 0.444 e. The first-order valence-electron chi connectivity index (χ1n) is 8.78. The Morgan fingerprint density at radius 3 is 2.59 bits per heavy atom. The first-order valence-corrected chi connectivity index (χ1v) is 10.3. The molecule has 9 heteroatoms. The molecule has 0 aliphatic carbocycles. The number of rotatable bonds is 2. The van der Waals surface area contributed by atoms with E-state index in [1.54, 1.807) is 4.90 Å². The fourth-order valence-corrected chi connectivity index (χ4v) is 4.45. The van der Waals surface area contributed by atoms with Crippen molar-refractivity contribution in [2.75, 3.05) is 13.1 Å². The van der Waals surface area contributed by atoms with Crippen LogP contribution in [-0.2, 0) is 4.74 Å². The van der Waals surface area contributed by atoms with E-state index in [0.29, 0.717) is 29.7 Å². The average molecular weight is 429 g/mol. The van der Waals surface area contributed by atoms with Crippen LogP contribution in [0, 0.1) is 6.92 Å². The second-order valence-electron chi connectivity index (χ2n) is 7.60. The van der Waals surface area contributed by atoms with Gasteiger partial charge in [-0.3, -0.25) is 0 Å². The molecule has 0 saturated carbocycles. The van der Waals surface area contributed by atoms with Crippen molar-refractivity contribution >= 4 is 40.8 Å². The molecule has 0 spiro atoms. The number of amides is 1. The van der Waals surface area contributed by atoms with Crippen LogP contribution in [0.1, 0.15) is 50.8 Å². The summed E-state index contributed by atoms with van der Waals surface area (Å²) in [5, 5.41) is 0.617. The molecular formula is C18H22Cl2N4O2S. The summed E-state index contributed by atoms with van der Waals surface area (Å²) >= 11 is 13.5. The maximum absolute atomic E-state index is 12.2. The molecule has 0 atom stereocenters. The molecule has 2 aromatic heterocycles. The van der Waals surface area contributed by atoms with E-state index in [1.807, 2.05) is 27.7 Å². The van der Waals surface area contributed by atoms with Crippen LogP contribution in [0.15, 0.2) is 6.20 Å². The Morgan fingerprint density at radius 2 is 1.96 bits per heavy atom. The molecule has 3 heterocycles. The van der Waals surface area contributed by atoms with E-state index in [1.165, 1.54) is 17.7 Å². The molecule has 1 amide bonds. The topological polar surface area (TPSA) is 68.2 Å². The summed E-state index contributed by atoms with van der Waals surface area (Å²) in [6, 6.07) is 0. The normalized spacial score (nSPS) is 15.9. The van der Waals surface area contributed by atoms with Crippen LogP contribution in [0.25, 0.3) is 10.6 Å². The predicted octanol–water partition coefficient (Wildman–Crippen LogP) is 5.33. The van der Waals surface area contributed by atoms with Crippen molar-refractivity contribution in [1.82, 2.24) is 19.2 Å². The summed E-state index contributed by atoms with van der Waals surface area (Å²) in [7, 11) is 0. The number of hydrogen-bond acceptors (Lipinski definition) is 6. The number of aromatic nitrogens is 3. The van der Waals surface area contributed by atoms with Crippen molar-refractivity contribution in [3.8, 4) is 10.6 Å². The zero-order valence-electron chi connectivity index (χ0n) is 15.8. The molecule has 1 fully saturated rings. The number of likely N-dealkylation sites (tertiary alicyclic amines) is 1. The molecule has 0 unspecified atom stereocenters. The van der Waals surface area contributed by atoms with Crippen molar-refractivity contribution in [3.63, 3.8) is 0 Å². The van der Waals surface area contributed by atoms with E-state index in [2.05, 4.69) is 14.3 Å². The van der Waals surface area contributed by atoms with E-state index in [0.717, 1.165) is 29.0 Å². The molecule has 3 rings (SSSR count). The molecule has 6 nitrogen and oxygen atoms in total. The van der Waals surface area contributed by atoms with E-state index in [4.69, 9.17) is 27.9 Å². The smallest absolute Gasteiger partial charge is 0.410 e. The van der Waals surface area contributed by atoms with Crippen molar-refractivity contribution in [2.24, 2.45) is 0 Å². The fraction of sp³-hybridized carbons (Fsp3) is 0.556. The van der Waals surface area contributed by atoms with Crippen molar-refractivity contribution < 1.29 is 9.53 Å². The minimum Gasteiger partial charge on any atom is -0.444 e. The Morgan fingerprint density at radius 1 is 1.30 bits per heavy atom. The number of carbonyl (C=O) groups is 1. The Kier molecular flexibility index (Phi) is 5.93. The molecule has 0 aromatic carbocycles. The van der Waals surface area contributed by atoms with E-state index >= 15 is 0 Å². The van der Waals surface area contributed by atoms with E-state index < -0.39 is 5.60 Å². The van der Waals surface area contributed by atoms with Crippen LogP contribution in [0.3, 0.4) is 0 Å². The number of ether oxygens (including phenoxy) is 1. The third-order valence-corrected chi connectivity index (χ3v) is 5.85. The van der Waals surface area contributed by atoms with Gasteiger partial charge in [0.1, 0.15) is 11.3 Å². The lowest BCUT2D eigenvalue weighted by molar-refractivity contribution is 0.0204. The van der Waals surface area contributed by atoms with E-state index in [-0.39, 0.29) is 11.4 Å². The Balaban J connectivity index is 1.72. The van der Waals surface area contributed by atoms with Gasteiger partial charge in [0.2, 0.25) is 5.28 Å². The van der Waals surface area contributed by atoms with Gasteiger partial charge in [0.05, 0.1) is 21.8 Å². The van der Waals surface area contributed by atoms with Gasteiger partial charge in [-0.05, 0) is 69.2 Å². The molecule has 146 valence electrons. The fourth-order valence-electron chi connectivity index (χ4n) is 3.12.